The van der Waals surface area contributed by atoms with E-state index in [1.807, 2.05) is 6.08 Å². The summed E-state index contributed by atoms with van der Waals surface area (Å²) in [6, 6.07) is -0.973. The number of nitrogens with one attached hydrogen (secondary N) is 1. The van der Waals surface area contributed by atoms with Gasteiger partial charge in [-0.3, -0.25) is 4.79 Å². The van der Waals surface area contributed by atoms with E-state index < -0.39 is 124 Å². The average Bonchev–Trinajstić information content (AvgIpc) is 3.43. The van der Waals surface area contributed by atoms with E-state index >= 15 is 0 Å². The Morgan fingerprint density at radius 1 is 0.455 bits per heavy atom. The molecule has 0 aliphatic carbocycles. The van der Waals surface area contributed by atoms with Crippen molar-refractivity contribution in [3.05, 3.63) is 24.3 Å². The third-order valence-corrected chi connectivity index (χ3v) is 15.2. The van der Waals surface area contributed by atoms with Crippen LogP contribution in [0.1, 0.15) is 206 Å². The van der Waals surface area contributed by atoms with Gasteiger partial charge in [-0.05, 0) is 38.5 Å². The zero-order valence-corrected chi connectivity index (χ0v) is 46.9. The molecule has 17 unspecified atom stereocenters. The number of hydrogen-bond donors (Lipinski definition) is 12. The molecular weight excluding hydrogens is 999 g/mol. The molecule has 12 N–H and O–H groups in total. The lowest BCUT2D eigenvalue weighted by atomic mass is 9.96. The first-order valence-electron chi connectivity index (χ1n) is 30.1. The molecule has 3 aliphatic heterocycles. The molecule has 19 nitrogen and oxygen atoms in total. The Hall–Kier alpha value is -1.73. The fourth-order valence-corrected chi connectivity index (χ4v) is 10.2. The van der Waals surface area contributed by atoms with Crippen LogP contribution in [0.4, 0.5) is 0 Å². The van der Waals surface area contributed by atoms with E-state index in [1.165, 1.54) is 116 Å². The summed E-state index contributed by atoms with van der Waals surface area (Å²) < 4.78 is 34.2. The van der Waals surface area contributed by atoms with Crippen molar-refractivity contribution in [2.75, 3.05) is 26.4 Å². The Bertz CT molecular complexity index is 1510. The highest BCUT2D eigenvalue weighted by atomic mass is 16.8. The van der Waals surface area contributed by atoms with Gasteiger partial charge in [-0.2, -0.15) is 0 Å². The molecule has 0 aromatic heterocycles. The minimum absolute atomic E-state index is 0.234. The lowest BCUT2D eigenvalue weighted by molar-refractivity contribution is -0.379. The predicted molar refractivity (Wildman–Crippen MR) is 291 cm³/mol. The van der Waals surface area contributed by atoms with Crippen LogP contribution in [0.5, 0.6) is 0 Å². The quantitative estimate of drug-likeness (QED) is 0.0277. The Balaban J connectivity index is 1.49. The van der Waals surface area contributed by atoms with Gasteiger partial charge in [-0.25, -0.2) is 0 Å². The van der Waals surface area contributed by atoms with Crippen LogP contribution in [-0.2, 0) is 33.2 Å². The van der Waals surface area contributed by atoms with Crippen molar-refractivity contribution in [3.63, 3.8) is 0 Å². The number of ether oxygens (including phenoxy) is 6. The number of carbonyl (C=O) groups excluding carboxylic acids is 1. The van der Waals surface area contributed by atoms with E-state index in [9.17, 15) is 61.0 Å². The number of hydrogen-bond acceptors (Lipinski definition) is 18. The topological polar surface area (TPSA) is 307 Å². The summed E-state index contributed by atoms with van der Waals surface area (Å²) in [5, 5.41) is 120. The molecule has 3 fully saturated rings. The Morgan fingerprint density at radius 3 is 1.30 bits per heavy atom. The highest BCUT2D eigenvalue weighted by molar-refractivity contribution is 5.76. The smallest absolute Gasteiger partial charge is 0.220 e. The molecule has 3 rings (SSSR count). The predicted octanol–water partition coefficient (Wildman–Crippen LogP) is 5.15. The van der Waals surface area contributed by atoms with E-state index in [2.05, 4.69) is 31.3 Å². The lowest BCUT2D eigenvalue weighted by Crippen LogP contribution is -2.66. The van der Waals surface area contributed by atoms with Crippen molar-refractivity contribution in [1.29, 1.82) is 0 Å². The maximum absolute atomic E-state index is 13.3. The molecule has 19 heteroatoms. The van der Waals surface area contributed by atoms with Crippen molar-refractivity contribution >= 4 is 5.91 Å². The fourth-order valence-electron chi connectivity index (χ4n) is 10.2. The fraction of sp³-hybridized carbons (Fsp3) is 0.914. The number of carbonyl (C=O) groups is 1. The molecule has 0 radical (unpaired) electrons. The number of allylic oxidation sites excluding steroid dienone is 3. The van der Waals surface area contributed by atoms with Crippen molar-refractivity contribution in [3.8, 4) is 0 Å². The molecule has 0 saturated carbocycles. The first-order chi connectivity index (χ1) is 37.3. The second-order valence-electron chi connectivity index (χ2n) is 21.8. The van der Waals surface area contributed by atoms with Gasteiger partial charge in [0.1, 0.15) is 73.2 Å². The second-order valence-corrected chi connectivity index (χ2v) is 21.8. The number of unbranched alkanes of at least 4 members (excludes halogenated alkanes) is 26. The maximum Gasteiger partial charge on any atom is 0.220 e. The van der Waals surface area contributed by atoms with Crippen LogP contribution in [0, 0.1) is 0 Å². The second kappa shape index (κ2) is 42.1. The van der Waals surface area contributed by atoms with Gasteiger partial charge >= 0.3 is 0 Å². The summed E-state index contributed by atoms with van der Waals surface area (Å²) in [4.78, 5) is 13.3. The van der Waals surface area contributed by atoms with E-state index in [-0.39, 0.29) is 18.9 Å². The van der Waals surface area contributed by atoms with Gasteiger partial charge in [-0.15, -0.1) is 0 Å². The van der Waals surface area contributed by atoms with Gasteiger partial charge in [0, 0.05) is 6.42 Å². The van der Waals surface area contributed by atoms with Gasteiger partial charge in [0.25, 0.3) is 0 Å². The van der Waals surface area contributed by atoms with Gasteiger partial charge in [0.15, 0.2) is 18.9 Å². The first kappa shape index (κ1) is 69.5. The van der Waals surface area contributed by atoms with E-state index in [4.69, 9.17) is 28.4 Å². The minimum atomic E-state index is -1.98. The first-order valence-corrected chi connectivity index (χ1v) is 30.1. The van der Waals surface area contributed by atoms with Crippen LogP contribution in [0.2, 0.25) is 0 Å². The minimum Gasteiger partial charge on any atom is -0.394 e. The van der Waals surface area contributed by atoms with Crippen LogP contribution in [0.3, 0.4) is 0 Å². The van der Waals surface area contributed by atoms with Gasteiger partial charge in [0.05, 0.1) is 38.6 Å². The van der Waals surface area contributed by atoms with Crippen LogP contribution in [-0.4, -0.2) is 193 Å². The van der Waals surface area contributed by atoms with Gasteiger partial charge in [0.2, 0.25) is 5.91 Å². The van der Waals surface area contributed by atoms with Crippen LogP contribution in [0.15, 0.2) is 24.3 Å². The molecule has 0 aromatic rings. The summed E-state index contributed by atoms with van der Waals surface area (Å²) in [5.41, 5.74) is 0. The summed E-state index contributed by atoms with van der Waals surface area (Å²) in [5.74, 6) is -0.286. The molecule has 17 atom stereocenters. The largest absolute Gasteiger partial charge is 0.394 e. The van der Waals surface area contributed by atoms with Crippen molar-refractivity contribution < 1.29 is 89.4 Å². The van der Waals surface area contributed by atoms with E-state index in [0.29, 0.717) is 6.42 Å². The number of amides is 1. The Labute approximate surface area is 460 Å². The SMILES string of the molecule is CCCC/C=C\CCCCCCCC(=O)NC(COC1OC(CO)C(OC2OC(CO)C(OC3OC(CO)C(O)C(O)C3O)C(O)C2O)C(O)C1O)C(O)/C=C/CCCCCCCCCCCCCCCCCCCCC. The molecule has 0 bridgehead atoms. The Kier molecular flexibility index (Phi) is 38.1. The highest BCUT2D eigenvalue weighted by Crippen LogP contribution is 2.33. The Morgan fingerprint density at radius 2 is 0.831 bits per heavy atom. The molecule has 0 aromatic carbocycles. The van der Waals surface area contributed by atoms with Gasteiger partial charge in [-0.1, -0.05) is 186 Å². The molecule has 0 spiro atoms. The van der Waals surface area contributed by atoms with Crippen LogP contribution >= 0.6 is 0 Å². The lowest BCUT2D eigenvalue weighted by Gasteiger charge is -2.48. The zero-order valence-electron chi connectivity index (χ0n) is 46.9. The van der Waals surface area contributed by atoms with Gasteiger partial charge < -0.3 is 89.9 Å². The highest BCUT2D eigenvalue weighted by Gasteiger charge is 2.53. The standard InChI is InChI=1S/C58H107NO18/c1-3-5-7-9-11-13-15-16-17-18-19-20-21-22-23-24-26-27-29-31-33-35-42(63)41(59-46(64)36-34-32-30-28-25-14-12-10-8-6-4-2)40-72-56-52(70)49(67)54(44(38-61)74-56)77-58-53(71)50(68)55(45(39-62)75-58)76-57-51(69)48(66)47(65)43(37-60)73-57/h10,12,33,35,41-45,47-58,60-63,65-71H,3-9,11,13-32,34,36-40H2,1-2H3,(H,59,64)/b12-10-,35-33+. The number of rotatable bonds is 44. The van der Waals surface area contributed by atoms with Crippen molar-refractivity contribution in [2.45, 2.75) is 311 Å². The molecular formula is C58H107NO18. The summed E-state index contributed by atoms with van der Waals surface area (Å²) in [6.07, 6.45) is 16.0. The van der Waals surface area contributed by atoms with E-state index in [0.717, 1.165) is 64.2 Å². The van der Waals surface area contributed by atoms with Crippen molar-refractivity contribution in [1.82, 2.24) is 5.32 Å². The van der Waals surface area contributed by atoms with Crippen LogP contribution < -0.4 is 5.32 Å². The normalized spacial score (nSPS) is 30.8. The number of aliphatic hydroxyl groups excluding tert-OH is 11. The van der Waals surface area contributed by atoms with Crippen molar-refractivity contribution in [2.24, 2.45) is 0 Å². The molecule has 3 aliphatic rings. The summed E-state index contributed by atoms with van der Waals surface area (Å²) >= 11 is 0. The molecule has 452 valence electrons. The van der Waals surface area contributed by atoms with E-state index in [1.54, 1.807) is 6.08 Å². The number of aliphatic hydroxyl groups is 11. The summed E-state index contributed by atoms with van der Waals surface area (Å²) in [7, 11) is 0. The zero-order chi connectivity index (χ0) is 56.2. The maximum atomic E-state index is 13.3. The third kappa shape index (κ3) is 26.4. The molecule has 1 amide bonds. The monoisotopic (exact) mass is 1110 g/mol. The summed E-state index contributed by atoms with van der Waals surface area (Å²) in [6.45, 7) is 1.67. The molecule has 3 saturated heterocycles. The van der Waals surface area contributed by atoms with Crippen LogP contribution in [0.25, 0.3) is 0 Å². The molecule has 77 heavy (non-hydrogen) atoms. The average molecular weight is 1110 g/mol. The molecule has 3 heterocycles. The third-order valence-electron chi connectivity index (χ3n) is 15.2.